The van der Waals surface area contributed by atoms with E-state index in [4.69, 9.17) is 0 Å². The molecule has 0 aliphatic heterocycles. The summed E-state index contributed by atoms with van der Waals surface area (Å²) in [4.78, 5) is 0. The van der Waals surface area contributed by atoms with Crippen molar-refractivity contribution in [3.05, 3.63) is 144 Å². The molecular formula is C34H26O2. The molecule has 2 nitrogen and oxygen atoms in total. The Morgan fingerprint density at radius 1 is 0.417 bits per heavy atom. The molecule has 2 N–H and O–H groups in total. The van der Waals surface area contributed by atoms with Gasteiger partial charge in [-0.2, -0.15) is 0 Å². The molecule has 174 valence electrons. The predicted octanol–water partition coefficient (Wildman–Crippen LogP) is 8.25. The van der Waals surface area contributed by atoms with E-state index in [1.54, 1.807) is 0 Å². The van der Waals surface area contributed by atoms with Gasteiger partial charge in [-0.25, -0.2) is 0 Å². The van der Waals surface area contributed by atoms with Gasteiger partial charge in [0.15, 0.2) is 0 Å². The van der Waals surface area contributed by atoms with Gasteiger partial charge in [-0.1, -0.05) is 109 Å². The van der Waals surface area contributed by atoms with E-state index in [1.807, 2.05) is 78.9 Å². The van der Waals surface area contributed by atoms with E-state index >= 15 is 0 Å². The maximum atomic E-state index is 11.8. The molecule has 0 radical (unpaired) electrons. The minimum atomic E-state index is 0.205. The molecule has 0 saturated heterocycles. The topological polar surface area (TPSA) is 40.5 Å². The van der Waals surface area contributed by atoms with Gasteiger partial charge < -0.3 is 10.2 Å². The second-order valence-electron chi connectivity index (χ2n) is 9.29. The van der Waals surface area contributed by atoms with Crippen LogP contribution in [0.5, 0.6) is 11.5 Å². The fraction of sp³-hybridized carbons (Fsp3) is 0.0588. The molecule has 0 unspecified atom stereocenters. The average Bonchev–Trinajstić information content (AvgIpc) is 2.91. The van der Waals surface area contributed by atoms with E-state index in [0.717, 1.165) is 43.8 Å². The third kappa shape index (κ3) is 3.97. The predicted molar refractivity (Wildman–Crippen MR) is 149 cm³/mol. The molecule has 0 bridgehead atoms. The van der Waals surface area contributed by atoms with Gasteiger partial charge in [0.05, 0.1) is 0 Å². The molecule has 36 heavy (non-hydrogen) atoms. The molecule has 0 saturated carbocycles. The first-order valence-electron chi connectivity index (χ1n) is 12.2. The monoisotopic (exact) mass is 466 g/mol. The van der Waals surface area contributed by atoms with Crippen LogP contribution in [0, 0.1) is 0 Å². The highest BCUT2D eigenvalue weighted by atomic mass is 16.3. The van der Waals surface area contributed by atoms with Crippen LogP contribution < -0.4 is 0 Å². The SMILES string of the molecule is Oc1c(Cc2ccccc2)cc2ccccc2c1-c1c(Cc2ccccc2)cc2ccccc2c1O. The molecule has 6 aromatic carbocycles. The normalized spacial score (nSPS) is 11.2. The van der Waals surface area contributed by atoms with Crippen LogP contribution in [0.15, 0.2) is 121 Å². The molecule has 6 rings (SSSR count). The van der Waals surface area contributed by atoms with Gasteiger partial charge in [0, 0.05) is 22.9 Å². The third-order valence-electron chi connectivity index (χ3n) is 6.93. The van der Waals surface area contributed by atoms with Crippen LogP contribution in [0.25, 0.3) is 32.7 Å². The molecule has 0 atom stereocenters. The number of fused-ring (bicyclic) bond motifs is 2. The van der Waals surface area contributed by atoms with Crippen LogP contribution in [-0.2, 0) is 12.8 Å². The summed E-state index contributed by atoms with van der Waals surface area (Å²) in [6.45, 7) is 0. The first kappa shape index (κ1) is 21.9. The second kappa shape index (κ2) is 9.24. The van der Waals surface area contributed by atoms with Gasteiger partial charge in [-0.05, 0) is 57.0 Å². The summed E-state index contributed by atoms with van der Waals surface area (Å²) in [6, 6.07) is 40.6. The van der Waals surface area contributed by atoms with Crippen LogP contribution >= 0.6 is 0 Å². The molecule has 0 aromatic heterocycles. The lowest BCUT2D eigenvalue weighted by Crippen LogP contribution is -1.98. The number of hydrogen-bond donors (Lipinski definition) is 2. The molecular weight excluding hydrogens is 440 g/mol. The van der Waals surface area contributed by atoms with Crippen molar-refractivity contribution in [3.8, 4) is 22.6 Å². The smallest absolute Gasteiger partial charge is 0.131 e. The van der Waals surface area contributed by atoms with Crippen molar-refractivity contribution in [2.45, 2.75) is 12.8 Å². The summed E-state index contributed by atoms with van der Waals surface area (Å²) < 4.78 is 0. The molecule has 6 aromatic rings. The van der Waals surface area contributed by atoms with Crippen LogP contribution in [-0.4, -0.2) is 10.2 Å². The highest BCUT2D eigenvalue weighted by Crippen LogP contribution is 2.48. The summed E-state index contributed by atoms with van der Waals surface area (Å²) in [7, 11) is 0. The van der Waals surface area contributed by atoms with Crippen LogP contribution in [0.3, 0.4) is 0 Å². The van der Waals surface area contributed by atoms with Crippen molar-refractivity contribution in [1.82, 2.24) is 0 Å². The van der Waals surface area contributed by atoms with Crippen molar-refractivity contribution >= 4 is 21.5 Å². The molecule has 0 aliphatic rings. The van der Waals surface area contributed by atoms with Gasteiger partial charge in [0.1, 0.15) is 11.5 Å². The molecule has 0 aliphatic carbocycles. The average molecular weight is 467 g/mol. The molecule has 0 amide bonds. The fourth-order valence-electron chi connectivity index (χ4n) is 5.22. The Morgan fingerprint density at radius 3 is 1.53 bits per heavy atom. The van der Waals surface area contributed by atoms with E-state index in [-0.39, 0.29) is 11.5 Å². The quantitative estimate of drug-likeness (QED) is 0.268. The Bertz CT molecular complexity index is 1690. The summed E-state index contributed by atoms with van der Waals surface area (Å²) in [5.41, 5.74) is 5.48. The molecule has 0 heterocycles. The van der Waals surface area contributed by atoms with Crippen molar-refractivity contribution in [2.24, 2.45) is 0 Å². The second-order valence-corrected chi connectivity index (χ2v) is 9.29. The standard InChI is InChI=1S/C34H26O2/c35-33-28(20-24-13-5-2-6-14-24)22-25-15-7-9-17-29(25)32(33)31-27(19-23-11-3-1-4-12-23)21-26-16-8-10-18-30(26)34(31)36/h1-18,21-22,35-36H,19-20H2. The highest BCUT2D eigenvalue weighted by molar-refractivity contribution is 6.06. The largest absolute Gasteiger partial charge is 0.507 e. The Hall–Kier alpha value is -4.56. The molecule has 2 heteroatoms. The number of phenolic OH excluding ortho intramolecular Hbond substituents is 2. The van der Waals surface area contributed by atoms with Gasteiger partial charge in [-0.15, -0.1) is 0 Å². The van der Waals surface area contributed by atoms with Crippen LogP contribution in [0.2, 0.25) is 0 Å². The first-order valence-corrected chi connectivity index (χ1v) is 12.2. The first-order chi connectivity index (χ1) is 17.7. The van der Waals surface area contributed by atoms with Crippen molar-refractivity contribution in [1.29, 1.82) is 0 Å². The van der Waals surface area contributed by atoms with E-state index in [1.165, 1.54) is 0 Å². The zero-order valence-electron chi connectivity index (χ0n) is 19.9. The Kier molecular flexibility index (Phi) is 5.63. The number of aromatic hydroxyl groups is 2. The lowest BCUT2D eigenvalue weighted by molar-refractivity contribution is 0.468. The third-order valence-corrected chi connectivity index (χ3v) is 6.93. The zero-order valence-corrected chi connectivity index (χ0v) is 19.9. The van der Waals surface area contributed by atoms with Gasteiger partial charge >= 0.3 is 0 Å². The fourth-order valence-corrected chi connectivity index (χ4v) is 5.22. The number of hydrogen-bond acceptors (Lipinski definition) is 2. The summed E-state index contributed by atoms with van der Waals surface area (Å²) in [5, 5.41) is 27.2. The van der Waals surface area contributed by atoms with E-state index in [0.29, 0.717) is 24.0 Å². The Labute approximate surface area is 210 Å². The minimum Gasteiger partial charge on any atom is -0.507 e. The van der Waals surface area contributed by atoms with Gasteiger partial charge in [0.2, 0.25) is 0 Å². The lowest BCUT2D eigenvalue weighted by atomic mass is 9.86. The van der Waals surface area contributed by atoms with E-state index < -0.39 is 0 Å². The minimum absolute atomic E-state index is 0.205. The summed E-state index contributed by atoms with van der Waals surface area (Å²) in [5.74, 6) is 0.425. The van der Waals surface area contributed by atoms with Gasteiger partial charge in [-0.3, -0.25) is 0 Å². The molecule has 0 fully saturated rings. The lowest BCUT2D eigenvalue weighted by Gasteiger charge is -2.20. The van der Waals surface area contributed by atoms with Crippen LogP contribution in [0.4, 0.5) is 0 Å². The van der Waals surface area contributed by atoms with Crippen LogP contribution in [0.1, 0.15) is 22.3 Å². The number of phenols is 2. The Balaban J connectivity index is 1.66. The van der Waals surface area contributed by atoms with E-state index in [2.05, 4.69) is 42.5 Å². The number of rotatable bonds is 5. The summed E-state index contributed by atoms with van der Waals surface area (Å²) in [6.07, 6.45) is 1.25. The van der Waals surface area contributed by atoms with Crippen molar-refractivity contribution < 1.29 is 10.2 Å². The maximum Gasteiger partial charge on any atom is 0.131 e. The van der Waals surface area contributed by atoms with Crippen molar-refractivity contribution in [2.75, 3.05) is 0 Å². The summed E-state index contributed by atoms with van der Waals surface area (Å²) >= 11 is 0. The highest BCUT2D eigenvalue weighted by Gasteiger charge is 2.22. The van der Waals surface area contributed by atoms with Crippen molar-refractivity contribution in [3.63, 3.8) is 0 Å². The number of benzene rings is 6. The van der Waals surface area contributed by atoms with E-state index in [9.17, 15) is 10.2 Å². The molecule has 0 spiro atoms. The van der Waals surface area contributed by atoms with Gasteiger partial charge in [0.25, 0.3) is 0 Å². The Morgan fingerprint density at radius 2 is 0.889 bits per heavy atom. The zero-order chi connectivity index (χ0) is 24.5. The maximum absolute atomic E-state index is 11.8.